The number of hydrogen-bond acceptors (Lipinski definition) is 3. The van der Waals surface area contributed by atoms with Crippen LogP contribution in [0.5, 0.6) is 0 Å². The highest BCUT2D eigenvalue weighted by atomic mass is 19.1. The highest BCUT2D eigenvalue weighted by Gasteiger charge is 2.20. The Morgan fingerprint density at radius 3 is 2.78 bits per heavy atom. The number of morpholine rings is 1. The fourth-order valence-electron chi connectivity index (χ4n) is 2.44. The summed E-state index contributed by atoms with van der Waals surface area (Å²) in [5.41, 5.74) is 1.76. The number of ether oxygens (including phenoxy) is 1. The molecule has 0 radical (unpaired) electrons. The molecule has 1 N–H and O–H groups in total. The van der Waals surface area contributed by atoms with Gasteiger partial charge in [-0.3, -0.25) is 0 Å². The van der Waals surface area contributed by atoms with Crippen LogP contribution in [-0.4, -0.2) is 32.8 Å². The van der Waals surface area contributed by atoms with Crippen LogP contribution in [0.25, 0.3) is 0 Å². The number of halogens is 1. The first kappa shape index (κ1) is 13.3. The Kier molecular flexibility index (Phi) is 4.55. The zero-order valence-corrected chi connectivity index (χ0v) is 11.1. The third-order valence-electron chi connectivity index (χ3n) is 3.32. The average Bonchev–Trinajstić information content (AvgIpc) is 2.39. The largest absolute Gasteiger partial charge is 0.378 e. The Morgan fingerprint density at radius 1 is 1.39 bits per heavy atom. The lowest BCUT2D eigenvalue weighted by atomic mass is 10.0. The molecule has 0 saturated carbocycles. The minimum absolute atomic E-state index is 0.0223. The lowest BCUT2D eigenvalue weighted by Gasteiger charge is -2.32. The van der Waals surface area contributed by atoms with Crippen LogP contribution in [0.1, 0.15) is 25.5 Å². The Labute approximate surface area is 108 Å². The van der Waals surface area contributed by atoms with Crippen molar-refractivity contribution in [2.75, 3.05) is 37.7 Å². The topological polar surface area (TPSA) is 24.5 Å². The Bertz CT molecular complexity index is 391. The van der Waals surface area contributed by atoms with Crippen LogP contribution in [0.3, 0.4) is 0 Å². The van der Waals surface area contributed by atoms with Crippen molar-refractivity contribution in [3.05, 3.63) is 29.6 Å². The molecular weight excluding hydrogens is 231 g/mol. The highest BCUT2D eigenvalue weighted by Crippen LogP contribution is 2.29. The van der Waals surface area contributed by atoms with Gasteiger partial charge in [-0.15, -0.1) is 0 Å². The molecular formula is C14H21FN2O. The van der Waals surface area contributed by atoms with Gasteiger partial charge >= 0.3 is 0 Å². The Morgan fingerprint density at radius 2 is 2.11 bits per heavy atom. The van der Waals surface area contributed by atoms with E-state index in [0.717, 1.165) is 30.9 Å². The molecule has 2 rings (SSSR count). The monoisotopic (exact) mass is 252 g/mol. The molecule has 100 valence electrons. The summed E-state index contributed by atoms with van der Waals surface area (Å²) < 4.78 is 19.4. The number of nitrogens with zero attached hydrogens (tertiary/aromatic N) is 1. The van der Waals surface area contributed by atoms with Crippen LogP contribution in [-0.2, 0) is 4.74 Å². The minimum atomic E-state index is -0.132. The summed E-state index contributed by atoms with van der Waals surface area (Å²) in [5.74, 6) is -0.132. The molecule has 1 aromatic rings. The van der Waals surface area contributed by atoms with Crippen molar-refractivity contribution in [3.63, 3.8) is 0 Å². The van der Waals surface area contributed by atoms with Crippen molar-refractivity contribution >= 4 is 5.69 Å². The normalized spacial score (nSPS) is 17.8. The minimum Gasteiger partial charge on any atom is -0.378 e. The summed E-state index contributed by atoms with van der Waals surface area (Å²) in [6, 6.07) is 5.33. The summed E-state index contributed by atoms with van der Waals surface area (Å²) in [7, 11) is 0. The summed E-state index contributed by atoms with van der Waals surface area (Å²) in [6.45, 7) is 7.96. The number of hydrogen-bond donors (Lipinski definition) is 1. The molecule has 4 heteroatoms. The van der Waals surface area contributed by atoms with Crippen molar-refractivity contribution < 1.29 is 9.13 Å². The van der Waals surface area contributed by atoms with Gasteiger partial charge in [0.25, 0.3) is 0 Å². The maximum atomic E-state index is 14.1. The SMILES string of the molecule is CCNC(C)c1c(F)cccc1N1CCOCC1. The van der Waals surface area contributed by atoms with Crippen LogP contribution in [0, 0.1) is 5.82 Å². The summed E-state index contributed by atoms with van der Waals surface area (Å²) in [6.07, 6.45) is 0. The second-order valence-electron chi connectivity index (χ2n) is 4.55. The summed E-state index contributed by atoms with van der Waals surface area (Å²) in [5, 5.41) is 3.28. The van der Waals surface area contributed by atoms with Gasteiger partial charge in [0.05, 0.1) is 13.2 Å². The van der Waals surface area contributed by atoms with E-state index in [9.17, 15) is 4.39 Å². The van der Waals surface area contributed by atoms with Crippen LogP contribution in [0.2, 0.25) is 0 Å². The first-order valence-electron chi connectivity index (χ1n) is 6.58. The van der Waals surface area contributed by atoms with Crippen molar-refractivity contribution in [2.24, 2.45) is 0 Å². The van der Waals surface area contributed by atoms with Gasteiger partial charge in [0.15, 0.2) is 0 Å². The van der Waals surface area contributed by atoms with E-state index in [2.05, 4.69) is 10.2 Å². The van der Waals surface area contributed by atoms with Crippen LogP contribution in [0.4, 0.5) is 10.1 Å². The number of nitrogens with one attached hydrogen (secondary N) is 1. The first-order chi connectivity index (χ1) is 8.74. The van der Waals surface area contributed by atoms with E-state index in [1.807, 2.05) is 19.9 Å². The zero-order chi connectivity index (χ0) is 13.0. The summed E-state index contributed by atoms with van der Waals surface area (Å²) >= 11 is 0. The predicted molar refractivity (Wildman–Crippen MR) is 71.5 cm³/mol. The molecule has 1 aliphatic heterocycles. The van der Waals surface area contributed by atoms with E-state index in [1.165, 1.54) is 6.07 Å². The highest BCUT2D eigenvalue weighted by molar-refractivity contribution is 5.55. The van der Waals surface area contributed by atoms with E-state index in [-0.39, 0.29) is 11.9 Å². The fraction of sp³-hybridized carbons (Fsp3) is 0.571. The third-order valence-corrected chi connectivity index (χ3v) is 3.32. The second kappa shape index (κ2) is 6.16. The maximum absolute atomic E-state index is 14.1. The Hall–Kier alpha value is -1.13. The predicted octanol–water partition coefficient (Wildman–Crippen LogP) is 2.33. The van der Waals surface area contributed by atoms with Gasteiger partial charge in [-0.05, 0) is 25.6 Å². The van der Waals surface area contributed by atoms with Gasteiger partial charge in [0.1, 0.15) is 5.82 Å². The molecule has 0 bridgehead atoms. The van der Waals surface area contributed by atoms with Crippen molar-refractivity contribution in [1.29, 1.82) is 0 Å². The molecule has 0 spiro atoms. The van der Waals surface area contributed by atoms with Crippen molar-refractivity contribution in [2.45, 2.75) is 19.9 Å². The van der Waals surface area contributed by atoms with E-state index >= 15 is 0 Å². The van der Waals surface area contributed by atoms with Crippen LogP contribution < -0.4 is 10.2 Å². The fourth-order valence-corrected chi connectivity index (χ4v) is 2.44. The maximum Gasteiger partial charge on any atom is 0.130 e. The average molecular weight is 252 g/mol. The molecule has 1 heterocycles. The van der Waals surface area contributed by atoms with Crippen LogP contribution >= 0.6 is 0 Å². The molecule has 1 atom stereocenters. The number of anilines is 1. The van der Waals surface area contributed by atoms with E-state index in [1.54, 1.807) is 6.07 Å². The van der Waals surface area contributed by atoms with Crippen LogP contribution in [0.15, 0.2) is 18.2 Å². The van der Waals surface area contributed by atoms with Crippen molar-refractivity contribution in [1.82, 2.24) is 5.32 Å². The number of benzene rings is 1. The zero-order valence-electron chi connectivity index (χ0n) is 11.1. The lowest BCUT2D eigenvalue weighted by Crippen LogP contribution is -2.37. The molecule has 1 aliphatic rings. The standard InChI is InChI=1S/C14H21FN2O/c1-3-16-11(2)14-12(15)5-4-6-13(14)17-7-9-18-10-8-17/h4-6,11,16H,3,7-10H2,1-2H3. The quantitative estimate of drug-likeness (QED) is 0.890. The molecule has 1 unspecified atom stereocenters. The molecule has 0 aromatic heterocycles. The molecule has 1 saturated heterocycles. The lowest BCUT2D eigenvalue weighted by molar-refractivity contribution is 0.122. The summed E-state index contributed by atoms with van der Waals surface area (Å²) in [4.78, 5) is 2.20. The van der Waals surface area contributed by atoms with Gasteiger partial charge in [0.2, 0.25) is 0 Å². The molecule has 1 fully saturated rings. The molecule has 0 amide bonds. The molecule has 0 aliphatic carbocycles. The molecule has 18 heavy (non-hydrogen) atoms. The first-order valence-corrected chi connectivity index (χ1v) is 6.58. The van der Waals surface area contributed by atoms with Gasteiger partial charge in [-0.2, -0.15) is 0 Å². The van der Waals surface area contributed by atoms with E-state index in [4.69, 9.17) is 4.74 Å². The number of rotatable bonds is 4. The second-order valence-corrected chi connectivity index (χ2v) is 4.55. The van der Waals surface area contributed by atoms with Gasteiger partial charge in [-0.1, -0.05) is 13.0 Å². The third kappa shape index (κ3) is 2.82. The Balaban J connectivity index is 2.30. The smallest absolute Gasteiger partial charge is 0.130 e. The molecule has 3 nitrogen and oxygen atoms in total. The van der Waals surface area contributed by atoms with Gasteiger partial charge in [-0.25, -0.2) is 4.39 Å². The van der Waals surface area contributed by atoms with E-state index in [0.29, 0.717) is 13.2 Å². The van der Waals surface area contributed by atoms with Gasteiger partial charge in [0, 0.05) is 30.4 Å². The van der Waals surface area contributed by atoms with Gasteiger partial charge < -0.3 is 15.0 Å². The molecule has 1 aromatic carbocycles. The van der Waals surface area contributed by atoms with Crippen molar-refractivity contribution in [3.8, 4) is 0 Å². The van der Waals surface area contributed by atoms with E-state index < -0.39 is 0 Å².